The molecule has 0 saturated carbocycles. The Labute approximate surface area is 191 Å². The molecular formula is C24H30F3N3O3. The number of amides is 1. The lowest BCUT2D eigenvalue weighted by molar-refractivity contribution is -0.137. The van der Waals surface area contributed by atoms with Crippen molar-refractivity contribution in [2.24, 2.45) is 5.92 Å². The number of rotatable bonds is 4. The zero-order valence-corrected chi connectivity index (χ0v) is 19.7. The van der Waals surface area contributed by atoms with E-state index in [1.54, 1.807) is 26.8 Å². The van der Waals surface area contributed by atoms with Gasteiger partial charge in [-0.1, -0.05) is 13.8 Å². The number of carbonyl (C=O) groups is 1. The maximum absolute atomic E-state index is 13.6. The van der Waals surface area contributed by atoms with Crippen molar-refractivity contribution in [2.45, 2.75) is 65.3 Å². The molecule has 0 bridgehead atoms. The second-order valence-electron chi connectivity index (χ2n) is 9.51. The number of nitrogens with zero attached hydrogens (tertiary/aromatic N) is 1. The average Bonchev–Trinajstić information content (AvgIpc) is 2.70. The summed E-state index contributed by atoms with van der Waals surface area (Å²) < 4.78 is 51.5. The van der Waals surface area contributed by atoms with Crippen LogP contribution in [-0.4, -0.2) is 29.8 Å². The van der Waals surface area contributed by atoms with Crippen LogP contribution < -0.4 is 15.4 Å². The number of fused-ring (bicyclic) bond motifs is 1. The number of hydrogen-bond donors (Lipinski definition) is 2. The van der Waals surface area contributed by atoms with E-state index in [9.17, 15) is 18.0 Å². The summed E-state index contributed by atoms with van der Waals surface area (Å²) in [6.45, 7) is 9.26. The van der Waals surface area contributed by atoms with Gasteiger partial charge < -0.3 is 14.8 Å². The van der Waals surface area contributed by atoms with Gasteiger partial charge in [-0.15, -0.1) is 0 Å². The van der Waals surface area contributed by atoms with Crippen molar-refractivity contribution in [1.82, 2.24) is 4.98 Å². The van der Waals surface area contributed by atoms with Crippen LogP contribution in [-0.2, 0) is 17.3 Å². The van der Waals surface area contributed by atoms with E-state index in [1.807, 2.05) is 0 Å². The Hall–Kier alpha value is -2.97. The molecule has 1 unspecified atom stereocenters. The molecule has 0 radical (unpaired) electrons. The molecule has 2 aromatic rings. The molecule has 3 rings (SSSR count). The topological polar surface area (TPSA) is 72.5 Å². The van der Waals surface area contributed by atoms with Gasteiger partial charge in [-0.25, -0.2) is 9.78 Å². The second-order valence-corrected chi connectivity index (χ2v) is 9.51. The van der Waals surface area contributed by atoms with Crippen molar-refractivity contribution in [2.75, 3.05) is 17.7 Å². The Morgan fingerprint density at radius 2 is 1.88 bits per heavy atom. The zero-order valence-electron chi connectivity index (χ0n) is 19.7. The summed E-state index contributed by atoms with van der Waals surface area (Å²) in [5.41, 5.74) is 0.505. The summed E-state index contributed by atoms with van der Waals surface area (Å²) in [6.07, 6.45) is -3.80. The molecule has 1 aromatic carbocycles. The van der Waals surface area contributed by atoms with Crippen LogP contribution in [0.2, 0.25) is 0 Å². The van der Waals surface area contributed by atoms with Crippen LogP contribution >= 0.6 is 0 Å². The molecule has 0 spiro atoms. The summed E-state index contributed by atoms with van der Waals surface area (Å²) in [5.74, 6) is 0.736. The lowest BCUT2D eigenvalue weighted by Crippen LogP contribution is -2.30. The lowest BCUT2D eigenvalue weighted by atomic mass is 9.91. The molecule has 2 N–H and O–H groups in total. The Balaban J connectivity index is 2.04. The molecule has 180 valence electrons. The molecule has 9 heteroatoms. The molecule has 1 aliphatic heterocycles. The zero-order chi connectivity index (χ0) is 24.6. The van der Waals surface area contributed by atoms with Crippen LogP contribution in [0.1, 0.15) is 52.2 Å². The number of carbonyl (C=O) groups excluding carboxylic acids is 1. The normalized spacial score (nSPS) is 16.1. The van der Waals surface area contributed by atoms with E-state index in [1.165, 1.54) is 13.2 Å². The first-order valence-electron chi connectivity index (χ1n) is 10.8. The molecule has 2 heterocycles. The number of anilines is 2. The van der Waals surface area contributed by atoms with E-state index in [0.29, 0.717) is 17.5 Å². The Bertz CT molecular complexity index is 1010. The molecule has 0 aliphatic carbocycles. The van der Waals surface area contributed by atoms with Crippen molar-refractivity contribution in [3.8, 4) is 17.1 Å². The number of aromatic nitrogens is 1. The molecule has 6 nitrogen and oxygen atoms in total. The minimum absolute atomic E-state index is 0.0365. The van der Waals surface area contributed by atoms with Gasteiger partial charge in [-0.3, -0.25) is 5.32 Å². The number of aryl methyl sites for hydroxylation is 1. The van der Waals surface area contributed by atoms with E-state index in [0.717, 1.165) is 36.2 Å². The van der Waals surface area contributed by atoms with Crippen molar-refractivity contribution in [3.63, 3.8) is 0 Å². The summed E-state index contributed by atoms with van der Waals surface area (Å²) in [7, 11) is 1.48. The van der Waals surface area contributed by atoms with E-state index in [-0.39, 0.29) is 17.3 Å². The van der Waals surface area contributed by atoms with Gasteiger partial charge in [0.05, 0.1) is 18.4 Å². The minimum Gasteiger partial charge on any atom is -0.480 e. The number of alkyl halides is 3. The first kappa shape index (κ1) is 24.7. The summed E-state index contributed by atoms with van der Waals surface area (Å²) in [5, 5.41) is 5.85. The molecule has 33 heavy (non-hydrogen) atoms. The molecule has 0 fully saturated rings. The number of benzene rings is 1. The fraction of sp³-hybridized carbons (Fsp3) is 0.500. The first-order valence-corrected chi connectivity index (χ1v) is 10.8. The maximum atomic E-state index is 13.6. The third-order valence-electron chi connectivity index (χ3n) is 5.32. The van der Waals surface area contributed by atoms with Crippen molar-refractivity contribution < 1.29 is 27.4 Å². The Morgan fingerprint density at radius 1 is 1.18 bits per heavy atom. The number of methoxy groups -OCH3 is 1. The van der Waals surface area contributed by atoms with Crippen molar-refractivity contribution in [3.05, 3.63) is 35.4 Å². The third-order valence-corrected chi connectivity index (χ3v) is 5.32. The highest BCUT2D eigenvalue weighted by atomic mass is 19.4. The highest BCUT2D eigenvalue weighted by Gasteiger charge is 2.32. The SMILES string of the molecule is COc1nc(-c2cc(NC(=O)OC(C)(C)C)cc(C(F)(F)F)c2)cc2c1NC(C(C)C)CC2. The number of pyridine rings is 1. The standard InChI is InChI=1S/C24H30F3N3O3/c1-13(2)18-8-7-14-11-19(30-21(32-6)20(14)29-18)15-9-16(24(25,26)27)12-17(10-15)28-22(31)33-23(3,4)5/h9-13,18,29H,7-8H2,1-6H3,(H,28,31). The van der Waals surface area contributed by atoms with Crippen LogP contribution in [0.5, 0.6) is 5.88 Å². The van der Waals surface area contributed by atoms with Crippen LogP contribution in [0, 0.1) is 5.92 Å². The Morgan fingerprint density at radius 3 is 2.45 bits per heavy atom. The van der Waals surface area contributed by atoms with Gasteiger partial charge in [-0.2, -0.15) is 13.2 Å². The van der Waals surface area contributed by atoms with Gasteiger partial charge in [0, 0.05) is 17.3 Å². The monoisotopic (exact) mass is 465 g/mol. The Kier molecular flexibility index (Phi) is 6.81. The molecule has 1 aliphatic rings. The predicted molar refractivity (Wildman–Crippen MR) is 122 cm³/mol. The molecule has 1 aromatic heterocycles. The number of hydrogen-bond acceptors (Lipinski definition) is 5. The fourth-order valence-corrected chi connectivity index (χ4v) is 3.72. The highest BCUT2D eigenvalue weighted by Crippen LogP contribution is 2.39. The molecule has 1 atom stereocenters. The van der Waals surface area contributed by atoms with E-state index in [2.05, 4.69) is 29.5 Å². The molecule has 1 amide bonds. The minimum atomic E-state index is -4.61. The number of ether oxygens (including phenoxy) is 2. The van der Waals surface area contributed by atoms with Gasteiger partial charge >= 0.3 is 12.3 Å². The van der Waals surface area contributed by atoms with E-state index < -0.39 is 23.4 Å². The van der Waals surface area contributed by atoms with Gasteiger partial charge in [0.1, 0.15) is 11.3 Å². The van der Waals surface area contributed by atoms with E-state index >= 15 is 0 Å². The van der Waals surface area contributed by atoms with Crippen LogP contribution in [0.15, 0.2) is 24.3 Å². The number of nitrogens with one attached hydrogen (secondary N) is 2. The van der Waals surface area contributed by atoms with Gasteiger partial charge in [-0.05, 0) is 69.4 Å². The third kappa shape index (κ3) is 6.09. The second kappa shape index (κ2) is 9.11. The largest absolute Gasteiger partial charge is 0.480 e. The maximum Gasteiger partial charge on any atom is 0.416 e. The molecular weight excluding hydrogens is 435 g/mol. The smallest absolute Gasteiger partial charge is 0.416 e. The fourth-order valence-electron chi connectivity index (χ4n) is 3.72. The average molecular weight is 466 g/mol. The highest BCUT2D eigenvalue weighted by molar-refractivity contribution is 5.86. The quantitative estimate of drug-likeness (QED) is 0.539. The van der Waals surface area contributed by atoms with Crippen molar-refractivity contribution in [1.29, 1.82) is 0 Å². The molecule has 0 saturated heterocycles. The van der Waals surface area contributed by atoms with Crippen LogP contribution in [0.25, 0.3) is 11.3 Å². The van der Waals surface area contributed by atoms with Crippen LogP contribution in [0.4, 0.5) is 29.3 Å². The first-order chi connectivity index (χ1) is 15.3. The van der Waals surface area contributed by atoms with Gasteiger partial charge in [0.25, 0.3) is 0 Å². The van der Waals surface area contributed by atoms with Crippen LogP contribution in [0.3, 0.4) is 0 Å². The summed E-state index contributed by atoms with van der Waals surface area (Å²) >= 11 is 0. The lowest BCUT2D eigenvalue weighted by Gasteiger charge is -2.30. The summed E-state index contributed by atoms with van der Waals surface area (Å²) in [4.78, 5) is 16.6. The van der Waals surface area contributed by atoms with Gasteiger partial charge in [0.15, 0.2) is 0 Å². The summed E-state index contributed by atoms with van der Waals surface area (Å²) in [6, 6.07) is 5.37. The van der Waals surface area contributed by atoms with Crippen molar-refractivity contribution >= 4 is 17.5 Å². The predicted octanol–water partition coefficient (Wildman–Crippen LogP) is 6.51. The number of halogens is 3. The van der Waals surface area contributed by atoms with Gasteiger partial charge in [0.2, 0.25) is 5.88 Å². The van der Waals surface area contributed by atoms with E-state index in [4.69, 9.17) is 9.47 Å².